The van der Waals surface area contributed by atoms with Crippen molar-refractivity contribution in [3.05, 3.63) is 39.0 Å². The molecule has 10 nitrogen and oxygen atoms in total. The highest BCUT2D eigenvalue weighted by Crippen LogP contribution is 2.32. The largest absolute Gasteiger partial charge is 0.486 e. The lowest BCUT2D eigenvalue weighted by atomic mass is 10.2. The van der Waals surface area contributed by atoms with Gasteiger partial charge >= 0.3 is 5.69 Å². The quantitative estimate of drug-likeness (QED) is 0.615. The second-order valence-corrected chi connectivity index (χ2v) is 7.47. The smallest absolute Gasteiger partial charge is 0.332 e. The van der Waals surface area contributed by atoms with Crippen molar-refractivity contribution in [2.75, 3.05) is 24.3 Å². The maximum Gasteiger partial charge on any atom is 0.332 e. The number of nitrogens with zero attached hydrogens (tertiary/aromatic N) is 4. The fraction of sp³-hybridized carbons (Fsp3) is 0.333. The summed E-state index contributed by atoms with van der Waals surface area (Å²) in [5.74, 6) is 1.09. The van der Waals surface area contributed by atoms with Gasteiger partial charge in [-0.25, -0.2) is 9.78 Å². The molecule has 0 aliphatic carbocycles. The van der Waals surface area contributed by atoms with Gasteiger partial charge in [-0.15, -0.1) is 0 Å². The lowest BCUT2D eigenvalue weighted by Crippen LogP contribution is -2.37. The van der Waals surface area contributed by atoms with E-state index < -0.39 is 11.2 Å². The third-order valence-electron chi connectivity index (χ3n) is 4.59. The van der Waals surface area contributed by atoms with Crippen LogP contribution in [0.5, 0.6) is 11.5 Å². The molecular weight excluding hydrogens is 398 g/mol. The van der Waals surface area contributed by atoms with E-state index >= 15 is 0 Å². The molecule has 29 heavy (non-hydrogen) atoms. The highest BCUT2D eigenvalue weighted by Gasteiger charge is 2.18. The standard InChI is InChI=1S/C18H19N5O5S/c1-21-14-15(22(2)18(26)23(3)16(14)25)20-17(21)29-9-13(24)19-10-4-5-11-12(8-10)28-7-6-27-11/h4-5,8H,6-7,9H2,1-3H3,(H,19,24). The van der Waals surface area contributed by atoms with E-state index in [1.165, 1.54) is 23.4 Å². The number of carbonyl (C=O) groups excluding carboxylic acids is 1. The molecule has 0 spiro atoms. The van der Waals surface area contributed by atoms with Crippen LogP contribution in [-0.4, -0.2) is 43.6 Å². The van der Waals surface area contributed by atoms with Crippen molar-refractivity contribution in [2.45, 2.75) is 5.16 Å². The fourth-order valence-corrected chi connectivity index (χ4v) is 3.84. The van der Waals surface area contributed by atoms with Crippen molar-refractivity contribution in [1.29, 1.82) is 0 Å². The molecule has 1 aromatic carbocycles. The van der Waals surface area contributed by atoms with Crippen molar-refractivity contribution < 1.29 is 14.3 Å². The summed E-state index contributed by atoms with van der Waals surface area (Å²) in [5, 5.41) is 3.27. The zero-order chi connectivity index (χ0) is 20.7. The first kappa shape index (κ1) is 19.1. The molecule has 0 radical (unpaired) electrons. The molecule has 1 amide bonds. The van der Waals surface area contributed by atoms with Crippen LogP contribution < -0.4 is 26.0 Å². The lowest BCUT2D eigenvalue weighted by molar-refractivity contribution is -0.113. The normalized spacial score (nSPS) is 12.9. The Balaban J connectivity index is 1.51. The zero-order valence-electron chi connectivity index (χ0n) is 16.1. The summed E-state index contributed by atoms with van der Waals surface area (Å²) in [6, 6.07) is 5.20. The molecule has 152 valence electrons. The van der Waals surface area contributed by atoms with Crippen LogP contribution in [0.2, 0.25) is 0 Å². The van der Waals surface area contributed by atoms with E-state index in [9.17, 15) is 14.4 Å². The number of amides is 1. The maximum atomic E-state index is 12.4. The van der Waals surface area contributed by atoms with Crippen LogP contribution >= 0.6 is 11.8 Å². The summed E-state index contributed by atoms with van der Waals surface area (Å²) in [6.07, 6.45) is 0. The number of rotatable bonds is 4. The summed E-state index contributed by atoms with van der Waals surface area (Å²) in [6.45, 7) is 0.969. The molecule has 1 aliphatic heterocycles. The van der Waals surface area contributed by atoms with Crippen LogP contribution in [0.15, 0.2) is 32.9 Å². The van der Waals surface area contributed by atoms with Crippen molar-refractivity contribution >= 4 is 34.5 Å². The van der Waals surface area contributed by atoms with Gasteiger partial charge in [-0.1, -0.05) is 11.8 Å². The molecule has 11 heteroatoms. The number of aryl methyl sites for hydroxylation is 2. The van der Waals surface area contributed by atoms with Gasteiger partial charge in [-0.2, -0.15) is 0 Å². The number of thioether (sulfide) groups is 1. The van der Waals surface area contributed by atoms with E-state index in [0.717, 1.165) is 4.57 Å². The van der Waals surface area contributed by atoms with E-state index in [1.807, 2.05) is 0 Å². The molecular formula is C18H19N5O5S. The van der Waals surface area contributed by atoms with E-state index in [4.69, 9.17) is 9.47 Å². The van der Waals surface area contributed by atoms with Gasteiger partial charge in [0.15, 0.2) is 27.8 Å². The SMILES string of the molecule is Cn1c(=O)c2c(nc(SCC(=O)Nc3ccc4c(c3)OCCO4)n2C)n(C)c1=O. The number of nitrogens with one attached hydrogen (secondary N) is 1. The predicted molar refractivity (Wildman–Crippen MR) is 108 cm³/mol. The van der Waals surface area contributed by atoms with Gasteiger partial charge in [-0.3, -0.25) is 18.7 Å². The third kappa shape index (κ3) is 3.37. The predicted octanol–water partition coefficient (Wildman–Crippen LogP) is 0.473. The van der Waals surface area contributed by atoms with Crippen LogP contribution in [-0.2, 0) is 25.9 Å². The monoisotopic (exact) mass is 417 g/mol. The van der Waals surface area contributed by atoms with Crippen molar-refractivity contribution in [2.24, 2.45) is 21.1 Å². The summed E-state index contributed by atoms with van der Waals surface area (Å²) in [7, 11) is 4.66. The molecule has 0 saturated carbocycles. The minimum Gasteiger partial charge on any atom is -0.486 e. The van der Waals surface area contributed by atoms with Gasteiger partial charge in [0.05, 0.1) is 5.75 Å². The Morgan fingerprint density at radius 3 is 2.59 bits per heavy atom. The van der Waals surface area contributed by atoms with Gasteiger partial charge in [0, 0.05) is 32.9 Å². The number of fused-ring (bicyclic) bond motifs is 2. The molecule has 3 aromatic rings. The first-order valence-corrected chi connectivity index (χ1v) is 9.80. The first-order chi connectivity index (χ1) is 13.9. The number of anilines is 1. The number of carbonyl (C=O) groups is 1. The minimum atomic E-state index is -0.450. The zero-order valence-corrected chi connectivity index (χ0v) is 16.9. The highest BCUT2D eigenvalue weighted by atomic mass is 32.2. The molecule has 3 heterocycles. The third-order valence-corrected chi connectivity index (χ3v) is 5.62. The Kier molecular flexibility index (Phi) is 4.82. The van der Waals surface area contributed by atoms with Gasteiger partial charge < -0.3 is 19.4 Å². The summed E-state index contributed by atoms with van der Waals surface area (Å²) in [5.41, 5.74) is 0.319. The van der Waals surface area contributed by atoms with Crippen molar-refractivity contribution in [1.82, 2.24) is 18.7 Å². The van der Waals surface area contributed by atoms with Crippen LogP contribution in [0.4, 0.5) is 5.69 Å². The van der Waals surface area contributed by atoms with Crippen LogP contribution in [0.1, 0.15) is 0 Å². The number of hydrogen-bond donors (Lipinski definition) is 1. The lowest BCUT2D eigenvalue weighted by Gasteiger charge is -2.18. The molecule has 0 atom stereocenters. The topological polar surface area (TPSA) is 109 Å². The molecule has 2 aromatic heterocycles. The average Bonchev–Trinajstić information content (AvgIpc) is 3.05. The second-order valence-electron chi connectivity index (χ2n) is 6.53. The van der Waals surface area contributed by atoms with Crippen molar-refractivity contribution in [3.63, 3.8) is 0 Å². The van der Waals surface area contributed by atoms with Gasteiger partial charge in [-0.05, 0) is 12.1 Å². The van der Waals surface area contributed by atoms with Crippen LogP contribution in [0.3, 0.4) is 0 Å². The number of imidazole rings is 1. The Bertz CT molecular complexity index is 1240. The van der Waals surface area contributed by atoms with E-state index in [1.54, 1.807) is 36.9 Å². The Hall–Kier alpha value is -3.21. The van der Waals surface area contributed by atoms with E-state index in [0.29, 0.717) is 41.1 Å². The average molecular weight is 417 g/mol. The van der Waals surface area contributed by atoms with Gasteiger partial charge in [0.2, 0.25) is 5.91 Å². The van der Waals surface area contributed by atoms with Gasteiger partial charge in [0.25, 0.3) is 5.56 Å². The summed E-state index contributed by atoms with van der Waals surface area (Å²) < 4.78 is 14.9. The highest BCUT2D eigenvalue weighted by molar-refractivity contribution is 7.99. The number of ether oxygens (including phenoxy) is 2. The minimum absolute atomic E-state index is 0.0832. The molecule has 0 unspecified atom stereocenters. The molecule has 1 N–H and O–H groups in total. The molecule has 4 rings (SSSR count). The number of hydrogen-bond acceptors (Lipinski definition) is 7. The second kappa shape index (κ2) is 7.32. The Morgan fingerprint density at radius 1 is 1.10 bits per heavy atom. The molecule has 0 bridgehead atoms. The van der Waals surface area contributed by atoms with Crippen LogP contribution in [0.25, 0.3) is 11.2 Å². The summed E-state index contributed by atoms with van der Waals surface area (Å²) in [4.78, 5) is 41.2. The maximum absolute atomic E-state index is 12.4. The summed E-state index contributed by atoms with van der Waals surface area (Å²) >= 11 is 1.18. The molecule has 1 aliphatic rings. The Labute approximate surface area is 169 Å². The fourth-order valence-electron chi connectivity index (χ4n) is 3.08. The van der Waals surface area contributed by atoms with Crippen LogP contribution in [0, 0.1) is 0 Å². The van der Waals surface area contributed by atoms with Crippen molar-refractivity contribution in [3.8, 4) is 11.5 Å². The number of aromatic nitrogens is 4. The molecule has 0 fully saturated rings. The number of benzene rings is 1. The first-order valence-electron chi connectivity index (χ1n) is 8.81. The van der Waals surface area contributed by atoms with Gasteiger partial charge in [0.1, 0.15) is 13.2 Å². The van der Waals surface area contributed by atoms with E-state index in [-0.39, 0.29) is 17.3 Å². The molecule has 0 saturated heterocycles. The van der Waals surface area contributed by atoms with E-state index in [2.05, 4.69) is 10.3 Å². The Morgan fingerprint density at radius 2 is 1.83 bits per heavy atom.